The Hall–Kier alpha value is -1.87. The van der Waals surface area contributed by atoms with Crippen molar-refractivity contribution in [3.8, 4) is 11.3 Å². The van der Waals surface area contributed by atoms with Gasteiger partial charge in [0.1, 0.15) is 0 Å². The summed E-state index contributed by atoms with van der Waals surface area (Å²) in [5.41, 5.74) is 5.94. The Balaban J connectivity index is 1.58. The third kappa shape index (κ3) is 4.56. The van der Waals surface area contributed by atoms with Gasteiger partial charge in [0, 0.05) is 41.4 Å². The van der Waals surface area contributed by atoms with Crippen molar-refractivity contribution in [1.29, 1.82) is 0 Å². The van der Waals surface area contributed by atoms with E-state index in [4.69, 9.17) is 14.8 Å². The number of hydrogen-bond donors (Lipinski definition) is 1. The molecule has 2 aromatic rings. The summed E-state index contributed by atoms with van der Waals surface area (Å²) in [7, 11) is 1.44. The third-order valence-electron chi connectivity index (χ3n) is 5.38. The van der Waals surface area contributed by atoms with Crippen LogP contribution in [0.1, 0.15) is 49.7 Å². The summed E-state index contributed by atoms with van der Waals surface area (Å²) in [5, 5.41) is 6.83. The van der Waals surface area contributed by atoms with E-state index in [1.807, 2.05) is 10.7 Å². The van der Waals surface area contributed by atoms with Gasteiger partial charge in [-0.25, -0.2) is 5.48 Å². The van der Waals surface area contributed by atoms with Crippen LogP contribution in [0.15, 0.2) is 29.2 Å². The first-order valence-electron chi connectivity index (χ1n) is 10.4. The van der Waals surface area contributed by atoms with Crippen LogP contribution in [0.5, 0.6) is 0 Å². The molecule has 7 nitrogen and oxygen atoms in total. The number of carbonyl (C=O) groups is 1. The van der Waals surface area contributed by atoms with Gasteiger partial charge in [-0.1, -0.05) is 18.2 Å². The molecule has 1 aromatic heterocycles. The van der Waals surface area contributed by atoms with Crippen LogP contribution in [0.2, 0.25) is 0 Å². The number of carbonyl (C=O) groups excluding carboxylic acids is 1. The van der Waals surface area contributed by atoms with E-state index in [1.54, 1.807) is 11.8 Å². The Morgan fingerprint density at radius 2 is 2.00 bits per heavy atom. The topological polar surface area (TPSA) is 68.6 Å². The van der Waals surface area contributed by atoms with Crippen LogP contribution in [-0.4, -0.2) is 46.6 Å². The lowest BCUT2D eigenvalue weighted by molar-refractivity contribution is -0.239. The number of rotatable bonds is 5. The highest BCUT2D eigenvalue weighted by molar-refractivity contribution is 7.98. The lowest BCUT2D eigenvalue weighted by Gasteiger charge is -2.35. The van der Waals surface area contributed by atoms with Gasteiger partial charge in [0.25, 0.3) is 5.91 Å². The van der Waals surface area contributed by atoms with Crippen molar-refractivity contribution in [1.82, 2.24) is 20.3 Å². The summed E-state index contributed by atoms with van der Waals surface area (Å²) in [6.45, 7) is 8.86. The number of nitrogens with zero attached hydrogens (tertiary/aromatic N) is 3. The van der Waals surface area contributed by atoms with Gasteiger partial charge < -0.3 is 0 Å². The van der Waals surface area contributed by atoms with Crippen LogP contribution < -0.4 is 5.48 Å². The number of nitrogens with one attached hydrogen (secondary N) is 1. The monoisotopic (exact) mass is 430 g/mol. The zero-order valence-corrected chi connectivity index (χ0v) is 18.9. The molecule has 2 aliphatic heterocycles. The summed E-state index contributed by atoms with van der Waals surface area (Å²) in [4.78, 5) is 24.7. The highest BCUT2D eigenvalue weighted by Crippen LogP contribution is 2.43. The largest absolute Gasteiger partial charge is 0.295 e. The minimum Gasteiger partial charge on any atom is -0.293 e. The molecule has 0 aliphatic carbocycles. The summed E-state index contributed by atoms with van der Waals surface area (Å²) < 4.78 is 2.05. The molecular weight excluding hydrogens is 400 g/mol. The van der Waals surface area contributed by atoms with E-state index >= 15 is 0 Å². The molecule has 1 N–H and O–H groups in total. The van der Waals surface area contributed by atoms with Gasteiger partial charge in [-0.3, -0.25) is 19.2 Å². The maximum atomic E-state index is 12.6. The van der Waals surface area contributed by atoms with Crippen molar-refractivity contribution in [3.05, 3.63) is 35.5 Å². The molecule has 0 saturated carbocycles. The lowest BCUT2D eigenvalue weighted by Crippen LogP contribution is -2.40. The second-order valence-corrected chi connectivity index (χ2v) is 9.87. The molecule has 0 atom stereocenters. The third-order valence-corrected chi connectivity index (χ3v) is 6.48. The Morgan fingerprint density at radius 3 is 2.70 bits per heavy atom. The molecule has 1 fully saturated rings. The highest BCUT2D eigenvalue weighted by atomic mass is 32.2. The zero-order chi connectivity index (χ0) is 21.3. The number of amides is 1. The fourth-order valence-corrected chi connectivity index (χ4v) is 5.21. The van der Waals surface area contributed by atoms with E-state index in [-0.39, 0.29) is 11.5 Å². The van der Waals surface area contributed by atoms with Gasteiger partial charge in [0.15, 0.2) is 5.69 Å². The fraction of sp³-hybridized carbons (Fsp3) is 0.545. The molecule has 3 heterocycles. The standard InChI is InChI=1S/C22H30N4O3S/c1-22(2,3)29-25-11-9-15(10-12-25)13-26-20-16-7-5-6-8-18(16)30-14-17(20)19(23-26)21(27)24-28-4/h5-8,15H,9-14H2,1-4H3,(H,24,27). The van der Waals surface area contributed by atoms with Gasteiger partial charge in [0.05, 0.1) is 18.4 Å². The molecule has 1 aromatic carbocycles. The summed E-state index contributed by atoms with van der Waals surface area (Å²) >= 11 is 1.75. The Kier molecular flexibility index (Phi) is 6.20. The van der Waals surface area contributed by atoms with Gasteiger partial charge in [-0.15, -0.1) is 11.8 Å². The first-order chi connectivity index (χ1) is 14.4. The van der Waals surface area contributed by atoms with Crippen molar-refractivity contribution < 1.29 is 14.5 Å². The first kappa shape index (κ1) is 21.4. The maximum absolute atomic E-state index is 12.6. The first-order valence-corrected chi connectivity index (χ1v) is 11.4. The Morgan fingerprint density at radius 1 is 1.27 bits per heavy atom. The summed E-state index contributed by atoms with van der Waals surface area (Å²) in [6, 6.07) is 8.36. The predicted octanol–water partition coefficient (Wildman–Crippen LogP) is 3.89. The number of thioether (sulfide) groups is 1. The molecule has 1 amide bonds. The second-order valence-electron chi connectivity index (χ2n) is 8.85. The normalized spacial score (nSPS) is 17.5. The Labute approximate surface area is 182 Å². The number of aromatic nitrogens is 2. The number of hydroxylamine groups is 3. The minimum atomic E-state index is -0.291. The molecule has 2 aliphatic rings. The van der Waals surface area contributed by atoms with Gasteiger partial charge >= 0.3 is 0 Å². The smallest absolute Gasteiger partial charge is 0.293 e. The van der Waals surface area contributed by atoms with E-state index in [0.717, 1.165) is 55.0 Å². The second kappa shape index (κ2) is 8.70. The van der Waals surface area contributed by atoms with Crippen LogP contribution in [0, 0.1) is 5.92 Å². The van der Waals surface area contributed by atoms with E-state index in [9.17, 15) is 4.79 Å². The van der Waals surface area contributed by atoms with Gasteiger partial charge in [-0.2, -0.15) is 10.2 Å². The number of fused-ring (bicyclic) bond motifs is 3. The van der Waals surface area contributed by atoms with Crippen LogP contribution in [0.3, 0.4) is 0 Å². The van der Waals surface area contributed by atoms with Crippen LogP contribution in [-0.2, 0) is 22.0 Å². The van der Waals surface area contributed by atoms with E-state index < -0.39 is 0 Å². The van der Waals surface area contributed by atoms with Crippen LogP contribution in [0.25, 0.3) is 11.3 Å². The molecule has 4 rings (SSSR count). The van der Waals surface area contributed by atoms with Gasteiger partial charge in [0.2, 0.25) is 0 Å². The van der Waals surface area contributed by atoms with Gasteiger partial charge in [-0.05, 0) is 45.6 Å². The lowest BCUT2D eigenvalue weighted by atomic mass is 9.97. The molecule has 8 heteroatoms. The fourth-order valence-electron chi connectivity index (χ4n) is 4.15. The number of piperidine rings is 1. The van der Waals surface area contributed by atoms with E-state index in [0.29, 0.717) is 11.6 Å². The van der Waals surface area contributed by atoms with Crippen LogP contribution >= 0.6 is 11.8 Å². The van der Waals surface area contributed by atoms with E-state index in [1.165, 1.54) is 12.0 Å². The molecule has 0 spiro atoms. The summed E-state index contributed by atoms with van der Waals surface area (Å²) in [6.07, 6.45) is 2.08. The number of hydrogen-bond acceptors (Lipinski definition) is 6. The average molecular weight is 431 g/mol. The minimum absolute atomic E-state index is 0.168. The molecule has 30 heavy (non-hydrogen) atoms. The number of benzene rings is 1. The predicted molar refractivity (Wildman–Crippen MR) is 117 cm³/mol. The van der Waals surface area contributed by atoms with Crippen molar-refractivity contribution in [2.75, 3.05) is 20.2 Å². The molecule has 162 valence electrons. The van der Waals surface area contributed by atoms with E-state index in [2.05, 4.69) is 49.5 Å². The molecule has 0 bridgehead atoms. The maximum Gasteiger partial charge on any atom is 0.295 e. The van der Waals surface area contributed by atoms with Crippen molar-refractivity contribution >= 4 is 17.7 Å². The SMILES string of the molecule is CONC(=O)c1nn(CC2CCN(OC(C)(C)C)CC2)c2c1CSc1ccccc1-2. The molecular formula is C22H30N4O3S. The highest BCUT2D eigenvalue weighted by Gasteiger charge is 2.31. The Bertz CT molecular complexity index is 914. The zero-order valence-electron chi connectivity index (χ0n) is 18.1. The molecule has 1 saturated heterocycles. The average Bonchev–Trinajstić information content (AvgIpc) is 3.07. The van der Waals surface area contributed by atoms with Crippen molar-refractivity contribution in [3.63, 3.8) is 0 Å². The molecule has 0 radical (unpaired) electrons. The van der Waals surface area contributed by atoms with Crippen molar-refractivity contribution in [2.45, 2.75) is 56.4 Å². The quantitative estimate of drug-likeness (QED) is 0.726. The summed E-state index contributed by atoms with van der Waals surface area (Å²) in [5.74, 6) is 0.936. The van der Waals surface area contributed by atoms with Crippen molar-refractivity contribution in [2.24, 2.45) is 5.92 Å². The van der Waals surface area contributed by atoms with Crippen LogP contribution in [0.4, 0.5) is 0 Å². The molecule has 0 unspecified atom stereocenters.